The molecule has 2 N–H and O–H groups in total. The molecule has 5 heteroatoms. The van der Waals surface area contributed by atoms with Crippen molar-refractivity contribution in [3.05, 3.63) is 54.6 Å². The van der Waals surface area contributed by atoms with Gasteiger partial charge < -0.3 is 15.5 Å². The Morgan fingerprint density at radius 1 is 1.04 bits per heavy atom. The van der Waals surface area contributed by atoms with Crippen molar-refractivity contribution in [2.75, 3.05) is 23.7 Å². The largest absolute Gasteiger partial charge is 0.356 e. The van der Waals surface area contributed by atoms with Gasteiger partial charge >= 0.3 is 0 Å². The molecular weight excluding hydrogens is 326 g/mol. The molecule has 2 aromatic carbocycles. The maximum Gasteiger partial charge on any atom is 0.229 e. The van der Waals surface area contributed by atoms with Crippen LogP contribution in [0.1, 0.15) is 20.3 Å². The zero-order chi connectivity index (χ0) is 18.5. The van der Waals surface area contributed by atoms with Gasteiger partial charge in [0.15, 0.2) is 0 Å². The Hall–Kier alpha value is -2.82. The van der Waals surface area contributed by atoms with Gasteiger partial charge in [-0.2, -0.15) is 0 Å². The van der Waals surface area contributed by atoms with Crippen LogP contribution in [0.4, 0.5) is 17.1 Å². The zero-order valence-corrected chi connectivity index (χ0v) is 15.2. The van der Waals surface area contributed by atoms with Gasteiger partial charge in [-0.1, -0.05) is 32.0 Å². The molecule has 1 aliphatic heterocycles. The molecule has 0 bridgehead atoms. The van der Waals surface area contributed by atoms with Gasteiger partial charge in [0.1, 0.15) is 0 Å². The topological polar surface area (TPSA) is 61.4 Å². The Morgan fingerprint density at radius 3 is 2.31 bits per heavy atom. The summed E-state index contributed by atoms with van der Waals surface area (Å²) in [5, 5.41) is 6.23. The standard InChI is InChI=1S/C21H25N3O2/c1-15(2)13-24-14-16(12-20(24)25)21(26)23-19-10-8-18(9-11-19)22-17-6-4-3-5-7-17/h3-11,15-16,22H,12-14H2,1-2H3,(H,23,26). The third-order valence-electron chi connectivity index (χ3n) is 4.39. The third-order valence-corrected chi connectivity index (χ3v) is 4.39. The number of rotatable bonds is 6. The van der Waals surface area contributed by atoms with E-state index in [0.717, 1.165) is 17.1 Å². The van der Waals surface area contributed by atoms with E-state index in [0.29, 0.717) is 25.4 Å². The van der Waals surface area contributed by atoms with Gasteiger partial charge in [-0.15, -0.1) is 0 Å². The van der Waals surface area contributed by atoms with E-state index in [4.69, 9.17) is 0 Å². The van der Waals surface area contributed by atoms with Crippen LogP contribution in [0.3, 0.4) is 0 Å². The summed E-state index contributed by atoms with van der Waals surface area (Å²) in [6.45, 7) is 5.37. The monoisotopic (exact) mass is 351 g/mol. The number of hydrogen-bond donors (Lipinski definition) is 2. The number of anilines is 3. The van der Waals surface area contributed by atoms with Gasteiger partial charge in [0.2, 0.25) is 11.8 Å². The van der Waals surface area contributed by atoms with E-state index in [1.807, 2.05) is 54.6 Å². The van der Waals surface area contributed by atoms with Gasteiger partial charge in [-0.05, 0) is 42.3 Å². The first kappa shape index (κ1) is 18.0. The van der Waals surface area contributed by atoms with Crippen LogP contribution in [0, 0.1) is 11.8 Å². The SMILES string of the molecule is CC(C)CN1CC(C(=O)Nc2ccc(Nc3ccccc3)cc2)CC1=O. The van der Waals surface area contributed by atoms with Gasteiger partial charge in [0.25, 0.3) is 0 Å². The third kappa shape index (κ3) is 4.63. The molecule has 1 heterocycles. The van der Waals surface area contributed by atoms with Gasteiger partial charge in [0, 0.05) is 36.6 Å². The number of nitrogens with one attached hydrogen (secondary N) is 2. The van der Waals surface area contributed by atoms with Crippen molar-refractivity contribution >= 4 is 28.9 Å². The number of nitrogens with zero attached hydrogens (tertiary/aromatic N) is 1. The molecular formula is C21H25N3O2. The van der Waals surface area contributed by atoms with E-state index in [-0.39, 0.29) is 17.7 Å². The van der Waals surface area contributed by atoms with Crippen molar-refractivity contribution in [2.24, 2.45) is 11.8 Å². The fourth-order valence-corrected chi connectivity index (χ4v) is 3.13. The van der Waals surface area contributed by atoms with Gasteiger partial charge in [-0.3, -0.25) is 9.59 Å². The van der Waals surface area contributed by atoms with Gasteiger partial charge in [-0.25, -0.2) is 0 Å². The molecule has 5 nitrogen and oxygen atoms in total. The highest BCUT2D eigenvalue weighted by Crippen LogP contribution is 2.22. The Kier molecular flexibility index (Phi) is 5.56. The van der Waals surface area contributed by atoms with Crippen LogP contribution in [0.15, 0.2) is 54.6 Å². The fraction of sp³-hybridized carbons (Fsp3) is 0.333. The lowest BCUT2D eigenvalue weighted by molar-refractivity contribution is -0.128. The molecule has 1 fully saturated rings. The predicted molar refractivity (Wildman–Crippen MR) is 104 cm³/mol. The molecule has 0 radical (unpaired) electrons. The lowest BCUT2D eigenvalue weighted by Crippen LogP contribution is -2.31. The van der Waals surface area contributed by atoms with E-state index < -0.39 is 0 Å². The molecule has 0 saturated carbocycles. The summed E-state index contributed by atoms with van der Waals surface area (Å²) in [4.78, 5) is 26.3. The smallest absolute Gasteiger partial charge is 0.229 e. The summed E-state index contributed by atoms with van der Waals surface area (Å²) < 4.78 is 0. The number of hydrogen-bond acceptors (Lipinski definition) is 3. The van der Waals surface area contributed by atoms with Crippen LogP contribution < -0.4 is 10.6 Å². The maximum absolute atomic E-state index is 12.5. The molecule has 136 valence electrons. The predicted octanol–water partition coefficient (Wildman–Crippen LogP) is 3.87. The molecule has 0 aromatic heterocycles. The van der Waals surface area contributed by atoms with E-state index >= 15 is 0 Å². The van der Waals surface area contributed by atoms with E-state index in [1.165, 1.54) is 0 Å². The Labute approximate surface area is 154 Å². The molecule has 1 saturated heterocycles. The van der Waals surface area contributed by atoms with Crippen LogP contribution in [0.2, 0.25) is 0 Å². The minimum atomic E-state index is -0.275. The first-order valence-corrected chi connectivity index (χ1v) is 9.02. The Morgan fingerprint density at radius 2 is 1.65 bits per heavy atom. The molecule has 0 aliphatic carbocycles. The van der Waals surface area contributed by atoms with Crippen LogP contribution in [0.5, 0.6) is 0 Å². The summed E-state index contributed by atoms with van der Waals surface area (Å²) in [5.41, 5.74) is 2.70. The number of carbonyl (C=O) groups is 2. The molecule has 2 amide bonds. The number of benzene rings is 2. The zero-order valence-electron chi connectivity index (χ0n) is 15.2. The summed E-state index contributed by atoms with van der Waals surface area (Å²) in [6, 6.07) is 17.5. The van der Waals surface area contributed by atoms with Gasteiger partial charge in [0.05, 0.1) is 5.92 Å². The van der Waals surface area contributed by atoms with Crippen LogP contribution in [0.25, 0.3) is 0 Å². The van der Waals surface area contributed by atoms with Crippen molar-refractivity contribution in [1.82, 2.24) is 4.90 Å². The first-order chi connectivity index (χ1) is 12.5. The van der Waals surface area contributed by atoms with E-state index in [1.54, 1.807) is 4.90 Å². The number of likely N-dealkylation sites (tertiary alicyclic amines) is 1. The molecule has 26 heavy (non-hydrogen) atoms. The highest BCUT2D eigenvalue weighted by molar-refractivity contribution is 5.97. The Bertz CT molecular complexity index is 757. The van der Waals surface area contributed by atoms with Crippen LogP contribution >= 0.6 is 0 Å². The molecule has 1 aliphatic rings. The minimum absolute atomic E-state index is 0.0706. The maximum atomic E-state index is 12.5. The van der Waals surface area contributed by atoms with Crippen molar-refractivity contribution in [2.45, 2.75) is 20.3 Å². The van der Waals surface area contributed by atoms with Crippen molar-refractivity contribution in [3.8, 4) is 0 Å². The first-order valence-electron chi connectivity index (χ1n) is 9.02. The summed E-state index contributed by atoms with van der Waals surface area (Å²) in [6.07, 6.45) is 0.298. The quantitative estimate of drug-likeness (QED) is 0.830. The molecule has 0 spiro atoms. The van der Waals surface area contributed by atoms with Crippen LogP contribution in [-0.2, 0) is 9.59 Å². The molecule has 2 aromatic rings. The molecule has 1 atom stereocenters. The van der Waals surface area contributed by atoms with E-state index in [9.17, 15) is 9.59 Å². The van der Waals surface area contributed by atoms with Crippen molar-refractivity contribution < 1.29 is 9.59 Å². The average molecular weight is 351 g/mol. The van der Waals surface area contributed by atoms with E-state index in [2.05, 4.69) is 24.5 Å². The normalized spacial score (nSPS) is 16.8. The van der Waals surface area contributed by atoms with Crippen molar-refractivity contribution in [1.29, 1.82) is 0 Å². The fourth-order valence-electron chi connectivity index (χ4n) is 3.13. The second-order valence-corrected chi connectivity index (χ2v) is 7.15. The molecule has 3 rings (SSSR count). The average Bonchev–Trinajstić information content (AvgIpc) is 2.98. The summed E-state index contributed by atoms with van der Waals surface area (Å²) in [5.74, 6) is 0.114. The van der Waals surface area contributed by atoms with Crippen molar-refractivity contribution in [3.63, 3.8) is 0 Å². The molecule has 1 unspecified atom stereocenters. The highest BCUT2D eigenvalue weighted by Gasteiger charge is 2.34. The Balaban J connectivity index is 1.56. The minimum Gasteiger partial charge on any atom is -0.356 e. The lowest BCUT2D eigenvalue weighted by Gasteiger charge is -2.18. The summed E-state index contributed by atoms with van der Waals surface area (Å²) >= 11 is 0. The number of carbonyl (C=O) groups excluding carboxylic acids is 2. The van der Waals surface area contributed by atoms with Crippen LogP contribution in [-0.4, -0.2) is 29.8 Å². The second kappa shape index (κ2) is 8.04. The highest BCUT2D eigenvalue weighted by atomic mass is 16.2. The lowest BCUT2D eigenvalue weighted by atomic mass is 10.1. The number of para-hydroxylation sites is 1. The summed E-state index contributed by atoms with van der Waals surface area (Å²) in [7, 11) is 0. The number of amides is 2. The second-order valence-electron chi connectivity index (χ2n) is 7.15.